The molecule has 9 nitrogen and oxygen atoms in total. The molecule has 0 spiro atoms. The van der Waals surface area contributed by atoms with E-state index >= 15 is 0 Å². The van der Waals surface area contributed by atoms with E-state index in [1.165, 1.54) is 58.2 Å². The lowest BCUT2D eigenvalue weighted by atomic mass is 9.90. The summed E-state index contributed by atoms with van der Waals surface area (Å²) in [7, 11) is 0. The van der Waals surface area contributed by atoms with Crippen molar-refractivity contribution in [2.75, 3.05) is 39.3 Å². The number of nitrogens with one attached hydrogen (secondary N) is 4. The Labute approximate surface area is 192 Å². The molecule has 0 aromatic carbocycles. The lowest BCUT2D eigenvalue weighted by Gasteiger charge is -2.39. The summed E-state index contributed by atoms with van der Waals surface area (Å²) in [6.07, 6.45) is 11.7. The van der Waals surface area contributed by atoms with Crippen molar-refractivity contribution in [1.29, 1.82) is 0 Å². The van der Waals surface area contributed by atoms with Crippen molar-refractivity contribution in [2.24, 2.45) is 17.6 Å². The molecule has 32 heavy (non-hydrogen) atoms. The van der Waals surface area contributed by atoms with Crippen molar-refractivity contribution >= 4 is 5.91 Å². The van der Waals surface area contributed by atoms with Crippen molar-refractivity contribution in [1.82, 2.24) is 21.0 Å². The first-order valence-electron chi connectivity index (χ1n) is 13.3. The van der Waals surface area contributed by atoms with Crippen LogP contribution in [-0.4, -0.2) is 80.7 Å². The summed E-state index contributed by atoms with van der Waals surface area (Å²) >= 11 is 0. The van der Waals surface area contributed by atoms with E-state index in [2.05, 4.69) is 26.3 Å². The standard InChI is InChI=1S/C23H43N7O2/c24-21(31)16-7-12-29(13-8-16)20-14-17(6-10-26-20)22-27-23(32-28-22)19-5-3-11-30(19)15-18-4-1-2-9-25-18/h16-20,22-23,25-28H,1-15H2,(H2,24,31)/p+2/t17?,18?,19-,20?,22?,23?/m0/s1. The lowest BCUT2D eigenvalue weighted by Crippen LogP contribution is -3.16. The minimum Gasteiger partial charge on any atom is -0.369 e. The van der Waals surface area contributed by atoms with Crippen molar-refractivity contribution in [2.45, 2.75) is 88.4 Å². The summed E-state index contributed by atoms with van der Waals surface area (Å²) in [6, 6.07) is 1.23. The smallest absolute Gasteiger partial charge is 0.220 e. The van der Waals surface area contributed by atoms with Crippen LogP contribution >= 0.6 is 0 Å². The average Bonchev–Trinajstić information content (AvgIpc) is 3.49. The van der Waals surface area contributed by atoms with E-state index in [0.717, 1.165) is 38.9 Å². The third-order valence-electron chi connectivity index (χ3n) is 8.88. The molecule has 8 N–H and O–H groups in total. The van der Waals surface area contributed by atoms with Crippen LogP contribution in [0.5, 0.6) is 0 Å². The van der Waals surface area contributed by atoms with Crippen LogP contribution < -0.4 is 32.1 Å². The van der Waals surface area contributed by atoms with Gasteiger partial charge in [-0.15, -0.1) is 0 Å². The Kier molecular flexibility index (Phi) is 7.63. The minimum atomic E-state index is -0.125. The van der Waals surface area contributed by atoms with Gasteiger partial charge in [0.15, 0.2) is 6.23 Å². The Balaban J connectivity index is 1.11. The number of primary amides is 1. The lowest BCUT2D eigenvalue weighted by molar-refractivity contribution is -0.917. The molecule has 0 saturated carbocycles. The summed E-state index contributed by atoms with van der Waals surface area (Å²) < 4.78 is 0. The summed E-state index contributed by atoms with van der Waals surface area (Å²) in [5.74, 6) is 0.521. The Morgan fingerprint density at radius 2 is 2.00 bits per heavy atom. The normalized spacial score (nSPS) is 42.3. The first-order chi connectivity index (χ1) is 15.7. The van der Waals surface area contributed by atoms with Crippen molar-refractivity contribution < 1.29 is 19.8 Å². The summed E-state index contributed by atoms with van der Waals surface area (Å²) in [6.45, 7) is 6.83. The van der Waals surface area contributed by atoms with Crippen LogP contribution in [0.4, 0.5) is 0 Å². The number of quaternary nitrogens is 2. The predicted molar refractivity (Wildman–Crippen MR) is 121 cm³/mol. The van der Waals surface area contributed by atoms with Crippen molar-refractivity contribution in [3.8, 4) is 0 Å². The maximum absolute atomic E-state index is 11.5. The van der Waals surface area contributed by atoms with E-state index in [1.807, 2.05) is 0 Å². The van der Waals surface area contributed by atoms with Crippen LogP contribution in [0.3, 0.4) is 0 Å². The molecule has 182 valence electrons. The van der Waals surface area contributed by atoms with Crippen molar-refractivity contribution in [3.63, 3.8) is 0 Å². The Bertz CT molecular complexity index is 623. The highest BCUT2D eigenvalue weighted by Gasteiger charge is 2.45. The van der Waals surface area contributed by atoms with Gasteiger partial charge in [0, 0.05) is 50.6 Å². The van der Waals surface area contributed by atoms with Gasteiger partial charge in [0.2, 0.25) is 5.91 Å². The Hall–Kier alpha value is -0.810. The Morgan fingerprint density at radius 1 is 1.12 bits per heavy atom. The third kappa shape index (κ3) is 5.29. The van der Waals surface area contributed by atoms with Crippen LogP contribution in [0.25, 0.3) is 0 Å². The van der Waals surface area contributed by atoms with Gasteiger partial charge in [-0.3, -0.25) is 19.8 Å². The molecule has 0 aromatic heterocycles. The fourth-order valence-corrected chi connectivity index (χ4v) is 6.94. The molecule has 1 amide bonds. The van der Waals surface area contributed by atoms with Crippen LogP contribution in [0.15, 0.2) is 0 Å². The molecule has 5 aliphatic heterocycles. The topological polar surface area (TPSA) is 113 Å². The van der Waals surface area contributed by atoms with Crippen LogP contribution in [-0.2, 0) is 9.63 Å². The van der Waals surface area contributed by atoms with Crippen molar-refractivity contribution in [3.05, 3.63) is 0 Å². The highest BCUT2D eigenvalue weighted by atomic mass is 16.7. The fourth-order valence-electron chi connectivity index (χ4n) is 6.94. The first-order valence-corrected chi connectivity index (χ1v) is 13.3. The van der Waals surface area contributed by atoms with E-state index < -0.39 is 0 Å². The number of hydrogen-bond acceptors (Lipinski definition) is 6. The molecule has 5 fully saturated rings. The molecule has 6 unspecified atom stereocenters. The van der Waals surface area contributed by atoms with Gasteiger partial charge in [0.1, 0.15) is 12.2 Å². The van der Waals surface area contributed by atoms with Gasteiger partial charge in [0.25, 0.3) is 0 Å². The molecule has 0 bridgehead atoms. The van der Waals surface area contributed by atoms with Crippen LogP contribution in [0.1, 0.15) is 57.8 Å². The highest BCUT2D eigenvalue weighted by molar-refractivity contribution is 5.76. The number of hydrogen-bond donors (Lipinski definition) is 6. The molecule has 7 atom stereocenters. The third-order valence-corrected chi connectivity index (χ3v) is 8.88. The van der Waals surface area contributed by atoms with E-state index in [1.54, 1.807) is 4.90 Å². The summed E-state index contributed by atoms with van der Waals surface area (Å²) in [4.78, 5) is 22.0. The summed E-state index contributed by atoms with van der Waals surface area (Å²) in [5, 5.41) is 10.1. The maximum Gasteiger partial charge on any atom is 0.220 e. The van der Waals surface area contributed by atoms with E-state index in [4.69, 9.17) is 10.6 Å². The second-order valence-electron chi connectivity index (χ2n) is 10.9. The molecule has 0 radical (unpaired) electrons. The highest BCUT2D eigenvalue weighted by Crippen LogP contribution is 2.25. The molecule has 5 rings (SSSR count). The fraction of sp³-hybridized carbons (Fsp3) is 0.957. The van der Waals surface area contributed by atoms with Gasteiger partial charge in [0.05, 0.1) is 31.8 Å². The van der Waals surface area contributed by atoms with Gasteiger partial charge >= 0.3 is 0 Å². The van der Waals surface area contributed by atoms with Gasteiger partial charge in [-0.25, -0.2) is 0 Å². The van der Waals surface area contributed by atoms with Crippen LogP contribution in [0, 0.1) is 11.8 Å². The molecule has 9 heteroatoms. The number of hydroxylamine groups is 1. The number of piperidine rings is 3. The van der Waals surface area contributed by atoms with Gasteiger partial charge in [-0.2, -0.15) is 5.48 Å². The number of amides is 1. The number of likely N-dealkylation sites (tertiary alicyclic amines) is 2. The van der Waals surface area contributed by atoms with Gasteiger partial charge in [-0.1, -0.05) is 6.42 Å². The first kappa shape index (κ1) is 23.0. The monoisotopic (exact) mass is 451 g/mol. The number of rotatable bonds is 6. The van der Waals surface area contributed by atoms with E-state index in [9.17, 15) is 4.79 Å². The maximum atomic E-state index is 11.5. The summed E-state index contributed by atoms with van der Waals surface area (Å²) in [5.41, 5.74) is 8.91. The SMILES string of the molecule is NC(=O)C1CCN(C2CC(C3NOC([C@@H]4CCC[NH+]4CC4CCCCN4)N3)CC[NH2+]2)CC1. The molecular formula is C23H45N7O2+2. The Morgan fingerprint density at radius 3 is 2.78 bits per heavy atom. The largest absolute Gasteiger partial charge is 0.369 e. The number of nitrogens with two attached hydrogens (primary N) is 2. The zero-order valence-electron chi connectivity index (χ0n) is 19.6. The molecule has 5 saturated heterocycles. The number of nitrogens with zero attached hydrogens (tertiary/aromatic N) is 1. The molecule has 0 aliphatic carbocycles. The molecule has 5 heterocycles. The van der Waals surface area contributed by atoms with Crippen LogP contribution in [0.2, 0.25) is 0 Å². The minimum absolute atomic E-state index is 0.0682. The number of carbonyl (C=O) groups is 1. The molecule has 0 aromatic rings. The quantitative estimate of drug-likeness (QED) is 0.265. The molecule has 5 aliphatic rings. The van der Waals surface area contributed by atoms with Gasteiger partial charge < -0.3 is 21.3 Å². The molecular weight excluding hydrogens is 406 g/mol. The second kappa shape index (κ2) is 10.6. The zero-order valence-corrected chi connectivity index (χ0v) is 19.6. The van der Waals surface area contributed by atoms with E-state index in [-0.39, 0.29) is 24.2 Å². The van der Waals surface area contributed by atoms with E-state index in [0.29, 0.717) is 24.2 Å². The zero-order chi connectivity index (χ0) is 21.9. The average molecular weight is 452 g/mol. The van der Waals surface area contributed by atoms with Gasteiger partial charge in [-0.05, 0) is 32.2 Å². The second-order valence-corrected chi connectivity index (χ2v) is 10.9. The number of carbonyl (C=O) groups excluding carboxylic acids is 1. The predicted octanol–water partition coefficient (Wildman–Crippen LogP) is -2.55.